The summed E-state index contributed by atoms with van der Waals surface area (Å²) in [5.74, 6) is -0.111. The second-order valence-corrected chi connectivity index (χ2v) is 7.74. The molecule has 0 spiro atoms. The van der Waals surface area contributed by atoms with E-state index in [2.05, 4.69) is 37.4 Å². The number of aryl methyl sites for hydroxylation is 1. The van der Waals surface area contributed by atoms with Gasteiger partial charge >= 0.3 is 0 Å². The summed E-state index contributed by atoms with van der Waals surface area (Å²) in [6.07, 6.45) is 5.35. The van der Waals surface area contributed by atoms with Gasteiger partial charge in [0.1, 0.15) is 22.7 Å². The number of nitrogens with one attached hydrogen (secondary N) is 1. The van der Waals surface area contributed by atoms with Gasteiger partial charge in [0.15, 0.2) is 0 Å². The predicted molar refractivity (Wildman–Crippen MR) is 98.8 cm³/mol. The monoisotopic (exact) mass is 388 g/mol. The molecule has 1 saturated carbocycles. The van der Waals surface area contributed by atoms with Gasteiger partial charge in [0.25, 0.3) is 0 Å². The summed E-state index contributed by atoms with van der Waals surface area (Å²) in [5, 5.41) is 12.1. The topological polar surface area (TPSA) is 76.5 Å². The van der Waals surface area contributed by atoms with Crippen LogP contribution in [0.1, 0.15) is 30.3 Å². The Hall–Kier alpha value is -2.55. The molecule has 0 radical (unpaired) electrons. The number of aromatic nitrogens is 5. The molecule has 3 heterocycles. The molecule has 0 bridgehead atoms. The Morgan fingerprint density at radius 1 is 1.22 bits per heavy atom. The Kier molecular flexibility index (Phi) is 4.77. The third-order valence-electron chi connectivity index (χ3n) is 4.75. The average Bonchev–Trinajstić information content (AvgIpc) is 3.14. The van der Waals surface area contributed by atoms with Crippen molar-refractivity contribution in [2.75, 3.05) is 11.9 Å². The van der Waals surface area contributed by atoms with E-state index in [-0.39, 0.29) is 18.5 Å². The molecule has 1 fully saturated rings. The molecule has 140 valence electrons. The Bertz CT molecular complexity index is 924. The summed E-state index contributed by atoms with van der Waals surface area (Å²) in [6.45, 7) is 2.36. The summed E-state index contributed by atoms with van der Waals surface area (Å²) < 4.78 is 27.8. The van der Waals surface area contributed by atoms with E-state index in [1.54, 1.807) is 17.5 Å². The van der Waals surface area contributed by atoms with Crippen LogP contribution in [0, 0.1) is 5.82 Å². The van der Waals surface area contributed by atoms with Crippen LogP contribution in [-0.4, -0.2) is 37.9 Å². The van der Waals surface area contributed by atoms with Gasteiger partial charge < -0.3 is 5.32 Å². The fourth-order valence-electron chi connectivity index (χ4n) is 3.28. The SMILES string of the molecule is CCc1cnc(-c2cnc(NC[C@]3(c4ncccc4F)C[C@H](F)C3)nn2)s1. The quantitative estimate of drug-likeness (QED) is 0.696. The van der Waals surface area contributed by atoms with Gasteiger partial charge in [-0.2, -0.15) is 0 Å². The highest BCUT2D eigenvalue weighted by Gasteiger charge is 2.48. The van der Waals surface area contributed by atoms with Crippen molar-refractivity contribution in [3.05, 3.63) is 47.1 Å². The van der Waals surface area contributed by atoms with Gasteiger partial charge in [-0.25, -0.2) is 18.7 Å². The van der Waals surface area contributed by atoms with Crippen molar-refractivity contribution >= 4 is 17.3 Å². The first-order chi connectivity index (χ1) is 13.1. The molecule has 1 N–H and O–H groups in total. The first-order valence-electron chi connectivity index (χ1n) is 8.73. The van der Waals surface area contributed by atoms with E-state index in [0.717, 1.165) is 11.4 Å². The first-order valence-corrected chi connectivity index (χ1v) is 9.55. The Morgan fingerprint density at radius 2 is 2.07 bits per heavy atom. The van der Waals surface area contributed by atoms with Crippen LogP contribution in [0.4, 0.5) is 14.7 Å². The first kappa shape index (κ1) is 17.8. The lowest BCUT2D eigenvalue weighted by molar-refractivity contribution is 0.0963. The smallest absolute Gasteiger partial charge is 0.242 e. The molecule has 3 aromatic rings. The van der Waals surface area contributed by atoms with Gasteiger partial charge in [-0.05, 0) is 31.4 Å². The molecule has 27 heavy (non-hydrogen) atoms. The lowest BCUT2D eigenvalue weighted by atomic mass is 9.65. The van der Waals surface area contributed by atoms with E-state index in [9.17, 15) is 8.78 Å². The van der Waals surface area contributed by atoms with Crippen LogP contribution in [0.2, 0.25) is 0 Å². The number of pyridine rings is 1. The van der Waals surface area contributed by atoms with Crippen LogP contribution in [0.15, 0.2) is 30.7 Å². The van der Waals surface area contributed by atoms with E-state index in [4.69, 9.17) is 0 Å². The van der Waals surface area contributed by atoms with Crippen molar-refractivity contribution in [2.24, 2.45) is 0 Å². The third kappa shape index (κ3) is 3.51. The number of halogens is 2. The van der Waals surface area contributed by atoms with Gasteiger partial charge in [-0.15, -0.1) is 21.5 Å². The van der Waals surface area contributed by atoms with E-state index in [1.807, 2.05) is 6.20 Å². The lowest BCUT2D eigenvalue weighted by Crippen LogP contribution is -2.49. The van der Waals surface area contributed by atoms with Gasteiger partial charge in [-0.1, -0.05) is 6.92 Å². The van der Waals surface area contributed by atoms with Gasteiger partial charge in [0, 0.05) is 29.2 Å². The van der Waals surface area contributed by atoms with E-state index >= 15 is 0 Å². The Labute approximate surface area is 159 Å². The molecule has 0 aliphatic heterocycles. The maximum atomic E-state index is 14.2. The molecule has 0 saturated heterocycles. The standard InChI is InChI=1S/C18H18F2N6S/c1-2-12-8-22-16(27-12)14-9-23-17(26-25-14)24-10-18(6-11(19)7-18)15-13(20)4-3-5-21-15/h3-5,8-9,11H,2,6-7,10H2,1H3,(H,23,24,26)/t11-,18-. The van der Waals surface area contributed by atoms with Crippen LogP contribution in [0.3, 0.4) is 0 Å². The number of alkyl halides is 1. The minimum atomic E-state index is -0.952. The van der Waals surface area contributed by atoms with E-state index < -0.39 is 17.4 Å². The van der Waals surface area contributed by atoms with Crippen LogP contribution in [-0.2, 0) is 11.8 Å². The summed E-state index contributed by atoms with van der Waals surface area (Å²) in [4.78, 5) is 13.9. The lowest BCUT2D eigenvalue weighted by Gasteiger charge is -2.43. The fraction of sp³-hybridized carbons (Fsp3) is 0.389. The van der Waals surface area contributed by atoms with E-state index in [0.29, 0.717) is 18.2 Å². The molecule has 9 heteroatoms. The van der Waals surface area contributed by atoms with Crippen LogP contribution in [0.25, 0.3) is 10.7 Å². The molecular formula is C18H18F2N6S. The molecule has 0 aromatic carbocycles. The number of nitrogens with zero attached hydrogens (tertiary/aromatic N) is 5. The zero-order valence-corrected chi connectivity index (χ0v) is 15.5. The number of hydrogen-bond acceptors (Lipinski definition) is 7. The molecule has 0 amide bonds. The van der Waals surface area contributed by atoms with Crippen molar-refractivity contribution in [1.82, 2.24) is 25.1 Å². The van der Waals surface area contributed by atoms with Crippen molar-refractivity contribution in [1.29, 1.82) is 0 Å². The van der Waals surface area contributed by atoms with Crippen molar-refractivity contribution < 1.29 is 8.78 Å². The Balaban J connectivity index is 1.48. The fourth-order valence-corrected chi connectivity index (χ4v) is 4.08. The van der Waals surface area contributed by atoms with Crippen molar-refractivity contribution in [3.63, 3.8) is 0 Å². The maximum absolute atomic E-state index is 14.2. The second-order valence-electron chi connectivity index (χ2n) is 6.63. The third-order valence-corrected chi connectivity index (χ3v) is 5.92. The van der Waals surface area contributed by atoms with Crippen LogP contribution < -0.4 is 5.32 Å². The molecule has 1 aliphatic carbocycles. The van der Waals surface area contributed by atoms with Gasteiger partial charge in [0.05, 0.1) is 11.9 Å². The molecular weight excluding hydrogens is 370 g/mol. The van der Waals surface area contributed by atoms with Crippen molar-refractivity contribution in [2.45, 2.75) is 37.8 Å². The van der Waals surface area contributed by atoms with Gasteiger partial charge in [0.2, 0.25) is 5.95 Å². The van der Waals surface area contributed by atoms with Crippen LogP contribution in [0.5, 0.6) is 0 Å². The highest BCUT2D eigenvalue weighted by atomic mass is 32.1. The van der Waals surface area contributed by atoms with E-state index in [1.165, 1.54) is 23.2 Å². The van der Waals surface area contributed by atoms with Crippen molar-refractivity contribution in [3.8, 4) is 10.7 Å². The maximum Gasteiger partial charge on any atom is 0.242 e. The number of rotatable bonds is 6. The molecule has 0 unspecified atom stereocenters. The molecule has 1 aliphatic rings. The summed E-state index contributed by atoms with van der Waals surface area (Å²) >= 11 is 1.56. The van der Waals surface area contributed by atoms with Crippen LogP contribution >= 0.6 is 11.3 Å². The number of anilines is 1. The summed E-state index contributed by atoms with van der Waals surface area (Å²) in [6, 6.07) is 2.88. The average molecular weight is 388 g/mol. The number of hydrogen-bond donors (Lipinski definition) is 1. The van der Waals surface area contributed by atoms with Gasteiger partial charge in [-0.3, -0.25) is 4.98 Å². The highest BCUT2D eigenvalue weighted by molar-refractivity contribution is 7.14. The molecule has 6 nitrogen and oxygen atoms in total. The Morgan fingerprint density at radius 3 is 2.70 bits per heavy atom. The zero-order valence-electron chi connectivity index (χ0n) is 14.7. The summed E-state index contributed by atoms with van der Waals surface area (Å²) in [7, 11) is 0. The minimum Gasteiger partial charge on any atom is -0.352 e. The normalized spacial score (nSPS) is 21.7. The molecule has 3 aromatic heterocycles. The highest BCUT2D eigenvalue weighted by Crippen LogP contribution is 2.45. The summed E-state index contributed by atoms with van der Waals surface area (Å²) in [5.41, 5.74) is 0.187. The number of thiazole rings is 1. The predicted octanol–water partition coefficient (Wildman–Crippen LogP) is 3.57. The molecule has 0 atom stereocenters. The largest absolute Gasteiger partial charge is 0.352 e. The second kappa shape index (κ2) is 7.22. The zero-order chi connectivity index (χ0) is 18.9. The molecule has 4 rings (SSSR count). The minimum absolute atomic E-state index is 0.221.